The van der Waals surface area contributed by atoms with Gasteiger partial charge in [-0.15, -0.1) is 0 Å². The normalized spacial score (nSPS) is 10.7. The van der Waals surface area contributed by atoms with Crippen molar-refractivity contribution in [1.82, 2.24) is 9.78 Å². The van der Waals surface area contributed by atoms with Gasteiger partial charge in [0.2, 0.25) is 0 Å². The van der Waals surface area contributed by atoms with Gasteiger partial charge in [-0.2, -0.15) is 5.10 Å². The molecule has 0 bridgehead atoms. The predicted molar refractivity (Wildman–Crippen MR) is 79.2 cm³/mol. The van der Waals surface area contributed by atoms with E-state index in [0.717, 1.165) is 38.7 Å². The summed E-state index contributed by atoms with van der Waals surface area (Å²) in [5.74, 6) is 0. The van der Waals surface area contributed by atoms with Crippen LogP contribution in [0, 0.1) is 13.8 Å². The Balaban J connectivity index is 2.15. The molecule has 0 aliphatic carbocycles. The highest BCUT2D eigenvalue weighted by atomic mass is 79.9. The average Bonchev–Trinajstić information content (AvgIpc) is 2.61. The topological polar surface area (TPSA) is 29.9 Å². The molecule has 0 unspecified atom stereocenters. The molecule has 18 heavy (non-hydrogen) atoms. The van der Waals surface area contributed by atoms with Crippen molar-refractivity contribution >= 4 is 33.2 Å². The third kappa shape index (κ3) is 2.87. The largest absolute Gasteiger partial charge is 0.378 e. The van der Waals surface area contributed by atoms with E-state index in [4.69, 9.17) is 11.6 Å². The molecule has 0 radical (unpaired) electrons. The van der Waals surface area contributed by atoms with Crippen molar-refractivity contribution in [2.24, 2.45) is 7.05 Å². The van der Waals surface area contributed by atoms with Gasteiger partial charge in [-0.3, -0.25) is 4.68 Å². The zero-order valence-electron chi connectivity index (χ0n) is 10.6. The van der Waals surface area contributed by atoms with Crippen LogP contribution in [0.2, 0.25) is 5.02 Å². The number of rotatable bonds is 3. The highest BCUT2D eigenvalue weighted by molar-refractivity contribution is 9.10. The molecule has 0 atom stereocenters. The van der Waals surface area contributed by atoms with Crippen molar-refractivity contribution in [3.63, 3.8) is 0 Å². The smallest absolute Gasteiger partial charge is 0.0597 e. The number of hydrogen-bond acceptors (Lipinski definition) is 2. The molecule has 5 heteroatoms. The molecule has 0 amide bonds. The van der Waals surface area contributed by atoms with E-state index in [2.05, 4.69) is 32.4 Å². The summed E-state index contributed by atoms with van der Waals surface area (Å²) in [6.07, 6.45) is 0. The first-order valence-electron chi connectivity index (χ1n) is 5.66. The Hall–Kier alpha value is -1.00. The molecule has 1 aromatic carbocycles. The van der Waals surface area contributed by atoms with Gasteiger partial charge in [0.25, 0.3) is 0 Å². The summed E-state index contributed by atoms with van der Waals surface area (Å²) < 4.78 is 2.90. The lowest BCUT2D eigenvalue weighted by molar-refractivity contribution is 0.713. The Kier molecular flexibility index (Phi) is 3.97. The summed E-state index contributed by atoms with van der Waals surface area (Å²) in [5.41, 5.74) is 4.21. The first kappa shape index (κ1) is 13.4. The number of anilines is 1. The van der Waals surface area contributed by atoms with E-state index >= 15 is 0 Å². The maximum Gasteiger partial charge on any atom is 0.0597 e. The lowest BCUT2D eigenvalue weighted by Gasteiger charge is -2.10. The number of aryl methyl sites for hydroxylation is 3. The number of benzene rings is 1. The maximum absolute atomic E-state index is 6.12. The highest BCUT2D eigenvalue weighted by Crippen LogP contribution is 2.29. The highest BCUT2D eigenvalue weighted by Gasteiger charge is 2.06. The Morgan fingerprint density at radius 3 is 2.67 bits per heavy atom. The molecule has 0 spiro atoms. The SMILES string of the molecule is Cc1cc(CNc2cc(Cl)c(C)cc2Br)n(C)n1. The predicted octanol–water partition coefficient (Wildman–Crippen LogP) is 4.06. The molecule has 0 fully saturated rings. The molecule has 2 rings (SSSR count). The third-order valence-corrected chi connectivity index (χ3v) is 3.87. The second kappa shape index (κ2) is 5.33. The van der Waals surface area contributed by atoms with Crippen LogP contribution in [0.15, 0.2) is 22.7 Å². The second-order valence-corrected chi connectivity index (χ2v) is 5.60. The second-order valence-electron chi connectivity index (χ2n) is 4.34. The summed E-state index contributed by atoms with van der Waals surface area (Å²) in [6, 6.07) is 6.01. The van der Waals surface area contributed by atoms with Gasteiger partial charge in [0.15, 0.2) is 0 Å². The zero-order valence-corrected chi connectivity index (χ0v) is 12.9. The summed E-state index contributed by atoms with van der Waals surface area (Å²) in [4.78, 5) is 0. The minimum atomic E-state index is 0.718. The Bertz CT molecular complexity index is 578. The van der Waals surface area contributed by atoms with Crippen LogP contribution in [0.25, 0.3) is 0 Å². The molecular formula is C13H15BrClN3. The van der Waals surface area contributed by atoms with E-state index in [0.29, 0.717) is 0 Å². The summed E-state index contributed by atoms with van der Waals surface area (Å²) in [7, 11) is 1.95. The average molecular weight is 329 g/mol. The number of nitrogens with zero attached hydrogens (tertiary/aromatic N) is 2. The number of aromatic nitrogens is 2. The van der Waals surface area contributed by atoms with E-state index in [9.17, 15) is 0 Å². The van der Waals surface area contributed by atoms with Crippen LogP contribution < -0.4 is 5.32 Å². The lowest BCUT2D eigenvalue weighted by Crippen LogP contribution is -2.05. The maximum atomic E-state index is 6.12. The molecule has 96 valence electrons. The van der Waals surface area contributed by atoms with Gasteiger partial charge in [0, 0.05) is 16.5 Å². The fourth-order valence-electron chi connectivity index (χ4n) is 1.80. The monoisotopic (exact) mass is 327 g/mol. The quantitative estimate of drug-likeness (QED) is 0.920. The molecule has 1 heterocycles. The Labute approximate surface area is 120 Å². The molecule has 0 saturated carbocycles. The van der Waals surface area contributed by atoms with E-state index in [1.165, 1.54) is 0 Å². The molecule has 0 aliphatic rings. The van der Waals surface area contributed by atoms with Crippen LogP contribution in [0.4, 0.5) is 5.69 Å². The Morgan fingerprint density at radius 1 is 1.33 bits per heavy atom. The van der Waals surface area contributed by atoms with Crippen molar-refractivity contribution in [2.45, 2.75) is 20.4 Å². The van der Waals surface area contributed by atoms with Gasteiger partial charge < -0.3 is 5.32 Å². The summed E-state index contributed by atoms with van der Waals surface area (Å²) in [5, 5.41) is 8.44. The van der Waals surface area contributed by atoms with Crippen LogP contribution in [0.1, 0.15) is 17.0 Å². The van der Waals surface area contributed by atoms with Gasteiger partial charge in [0.1, 0.15) is 0 Å². The van der Waals surface area contributed by atoms with Crippen molar-refractivity contribution < 1.29 is 0 Å². The fraction of sp³-hybridized carbons (Fsp3) is 0.308. The number of hydrogen-bond donors (Lipinski definition) is 1. The van der Waals surface area contributed by atoms with Gasteiger partial charge in [-0.05, 0) is 53.5 Å². The van der Waals surface area contributed by atoms with Gasteiger partial charge in [0.05, 0.1) is 23.6 Å². The van der Waals surface area contributed by atoms with Crippen molar-refractivity contribution in [3.05, 3.63) is 44.6 Å². The van der Waals surface area contributed by atoms with Crippen LogP contribution in [-0.2, 0) is 13.6 Å². The van der Waals surface area contributed by atoms with Crippen LogP contribution in [-0.4, -0.2) is 9.78 Å². The molecular weight excluding hydrogens is 314 g/mol. The van der Waals surface area contributed by atoms with E-state index in [1.54, 1.807) is 0 Å². The molecule has 3 nitrogen and oxygen atoms in total. The third-order valence-electron chi connectivity index (χ3n) is 2.81. The first-order valence-corrected chi connectivity index (χ1v) is 6.83. The first-order chi connectivity index (χ1) is 8.47. The zero-order chi connectivity index (χ0) is 13.3. The van der Waals surface area contributed by atoms with Crippen LogP contribution >= 0.6 is 27.5 Å². The molecule has 1 aromatic heterocycles. The standard InChI is InChI=1S/C13H15BrClN3/c1-8-4-11(14)13(6-12(8)15)16-7-10-5-9(2)17-18(10)3/h4-6,16H,7H2,1-3H3. The van der Waals surface area contributed by atoms with Crippen molar-refractivity contribution in [1.29, 1.82) is 0 Å². The molecule has 0 aliphatic heterocycles. The fourth-order valence-corrected chi connectivity index (χ4v) is 2.56. The summed E-state index contributed by atoms with van der Waals surface area (Å²) >= 11 is 9.66. The van der Waals surface area contributed by atoms with E-state index in [1.807, 2.05) is 37.7 Å². The minimum absolute atomic E-state index is 0.718. The van der Waals surface area contributed by atoms with Crippen molar-refractivity contribution in [3.8, 4) is 0 Å². The molecule has 2 aromatic rings. The van der Waals surface area contributed by atoms with E-state index < -0.39 is 0 Å². The number of halogens is 2. The van der Waals surface area contributed by atoms with Gasteiger partial charge >= 0.3 is 0 Å². The van der Waals surface area contributed by atoms with Gasteiger partial charge in [-0.25, -0.2) is 0 Å². The van der Waals surface area contributed by atoms with E-state index in [-0.39, 0.29) is 0 Å². The lowest BCUT2D eigenvalue weighted by atomic mass is 10.2. The Morgan fingerprint density at radius 2 is 2.06 bits per heavy atom. The van der Waals surface area contributed by atoms with Crippen molar-refractivity contribution in [2.75, 3.05) is 5.32 Å². The van der Waals surface area contributed by atoms with Gasteiger partial charge in [-0.1, -0.05) is 11.6 Å². The number of nitrogens with one attached hydrogen (secondary N) is 1. The molecule has 1 N–H and O–H groups in total. The van der Waals surface area contributed by atoms with Crippen LogP contribution in [0.5, 0.6) is 0 Å². The van der Waals surface area contributed by atoms with Crippen LogP contribution in [0.3, 0.4) is 0 Å². The summed E-state index contributed by atoms with van der Waals surface area (Å²) in [6.45, 7) is 4.69. The molecule has 0 saturated heterocycles. The minimum Gasteiger partial charge on any atom is -0.378 e.